The molecule has 0 heterocycles. The minimum atomic E-state index is 0.791. The number of aryl methyl sites for hydroxylation is 2. The maximum Gasteiger partial charge on any atom is 0.119 e. The van der Waals surface area contributed by atoms with Crippen molar-refractivity contribution in [2.45, 2.75) is 20.8 Å². The van der Waals surface area contributed by atoms with Crippen LogP contribution in [-0.2, 0) is 0 Å². The van der Waals surface area contributed by atoms with Crippen molar-refractivity contribution in [1.29, 1.82) is 0 Å². The number of hydrogen-bond acceptors (Lipinski definition) is 2. The van der Waals surface area contributed by atoms with Crippen LogP contribution in [0, 0.1) is 13.8 Å². The van der Waals surface area contributed by atoms with Gasteiger partial charge in [-0.3, -0.25) is 0 Å². The second-order valence-electron chi connectivity index (χ2n) is 3.42. The molecule has 0 bridgehead atoms. The smallest absolute Gasteiger partial charge is 0.119 e. The van der Waals surface area contributed by atoms with Gasteiger partial charge in [0.15, 0.2) is 0 Å². The van der Waals surface area contributed by atoms with Gasteiger partial charge in [-0.15, -0.1) is 0 Å². The zero-order chi connectivity index (χ0) is 11.3. The van der Waals surface area contributed by atoms with Crippen molar-refractivity contribution in [3.63, 3.8) is 0 Å². The summed E-state index contributed by atoms with van der Waals surface area (Å²) in [6.45, 7) is 7.13. The van der Waals surface area contributed by atoms with E-state index in [0.29, 0.717) is 0 Å². The second kappa shape index (κ2) is 6.44. The molecule has 1 aromatic rings. The van der Waals surface area contributed by atoms with Crippen LogP contribution in [0.3, 0.4) is 0 Å². The van der Waals surface area contributed by atoms with E-state index in [0.717, 1.165) is 23.9 Å². The van der Waals surface area contributed by atoms with Crippen molar-refractivity contribution in [2.24, 2.45) is 0 Å². The first-order valence-electron chi connectivity index (χ1n) is 5.12. The summed E-state index contributed by atoms with van der Waals surface area (Å²) in [5.41, 5.74) is 2.46. The molecule has 1 rings (SSSR count). The van der Waals surface area contributed by atoms with Gasteiger partial charge in [0.05, 0.1) is 6.61 Å². The predicted molar refractivity (Wildman–Crippen MR) is 72.1 cm³/mol. The zero-order valence-corrected chi connectivity index (χ0v) is 11.9. The molecule has 0 atom stereocenters. The van der Waals surface area contributed by atoms with E-state index in [1.165, 1.54) is 15.6 Å². The van der Waals surface area contributed by atoms with Crippen molar-refractivity contribution in [3.8, 4) is 5.75 Å². The summed E-state index contributed by atoms with van der Waals surface area (Å²) in [7, 11) is 0. The van der Waals surface area contributed by atoms with Gasteiger partial charge in [-0.05, 0) is 42.9 Å². The summed E-state index contributed by atoms with van der Waals surface area (Å²) in [6.07, 6.45) is 0. The van der Waals surface area contributed by atoms with Gasteiger partial charge >= 0.3 is 0 Å². The molecule has 0 fully saturated rings. The lowest BCUT2D eigenvalue weighted by molar-refractivity contribution is 0.343. The van der Waals surface area contributed by atoms with Crippen LogP contribution in [-0.4, -0.2) is 18.1 Å². The van der Waals surface area contributed by atoms with Gasteiger partial charge in [-0.1, -0.05) is 22.9 Å². The first-order chi connectivity index (χ1) is 7.15. The normalized spacial score (nSPS) is 10.4. The Balaban J connectivity index is 2.55. The van der Waals surface area contributed by atoms with Crippen molar-refractivity contribution < 1.29 is 4.74 Å². The monoisotopic (exact) mass is 288 g/mol. The first-order valence-corrected chi connectivity index (χ1v) is 7.07. The number of hydrogen-bond donors (Lipinski definition) is 0. The van der Waals surface area contributed by atoms with Crippen molar-refractivity contribution in [3.05, 3.63) is 27.7 Å². The average Bonchev–Trinajstić information content (AvgIpc) is 2.21. The number of benzene rings is 1. The van der Waals surface area contributed by atoms with E-state index in [2.05, 4.69) is 48.8 Å². The fourth-order valence-electron chi connectivity index (χ4n) is 1.35. The Hall–Kier alpha value is -0.150. The third-order valence-electron chi connectivity index (χ3n) is 2.11. The largest absolute Gasteiger partial charge is 0.493 e. The highest BCUT2D eigenvalue weighted by Crippen LogP contribution is 2.26. The standard InChI is InChI=1S/C12H17BrOS/c1-4-15-6-5-14-11-7-9(2)12(13)10(3)8-11/h7-8H,4-6H2,1-3H3. The summed E-state index contributed by atoms with van der Waals surface area (Å²) < 4.78 is 6.86. The van der Waals surface area contributed by atoms with Gasteiger partial charge in [0.2, 0.25) is 0 Å². The Morgan fingerprint density at radius 2 is 1.87 bits per heavy atom. The first kappa shape index (κ1) is 12.9. The van der Waals surface area contributed by atoms with Gasteiger partial charge in [0.25, 0.3) is 0 Å². The molecule has 0 spiro atoms. The van der Waals surface area contributed by atoms with Crippen molar-refractivity contribution in [2.75, 3.05) is 18.1 Å². The molecule has 0 saturated heterocycles. The molecule has 15 heavy (non-hydrogen) atoms. The van der Waals surface area contributed by atoms with Gasteiger partial charge in [-0.25, -0.2) is 0 Å². The maximum absolute atomic E-state index is 5.68. The van der Waals surface area contributed by atoms with Gasteiger partial charge in [0.1, 0.15) is 5.75 Å². The van der Waals surface area contributed by atoms with Crippen LogP contribution >= 0.6 is 27.7 Å². The Morgan fingerprint density at radius 1 is 1.27 bits per heavy atom. The van der Waals surface area contributed by atoms with Gasteiger partial charge in [-0.2, -0.15) is 11.8 Å². The maximum atomic E-state index is 5.68. The Bertz CT molecular complexity index is 302. The molecule has 0 radical (unpaired) electrons. The zero-order valence-electron chi connectivity index (χ0n) is 9.47. The molecule has 1 aromatic carbocycles. The summed E-state index contributed by atoms with van der Waals surface area (Å²) in [5, 5.41) is 0. The third kappa shape index (κ3) is 4.07. The lowest BCUT2D eigenvalue weighted by Gasteiger charge is -2.09. The van der Waals surface area contributed by atoms with E-state index < -0.39 is 0 Å². The Morgan fingerprint density at radius 3 is 2.40 bits per heavy atom. The van der Waals surface area contributed by atoms with E-state index in [1.54, 1.807) is 0 Å². The minimum absolute atomic E-state index is 0.791. The van der Waals surface area contributed by atoms with Crippen LogP contribution in [0.25, 0.3) is 0 Å². The molecule has 3 heteroatoms. The SMILES string of the molecule is CCSCCOc1cc(C)c(Br)c(C)c1. The molecule has 0 saturated carbocycles. The number of halogens is 1. The minimum Gasteiger partial charge on any atom is -0.493 e. The highest BCUT2D eigenvalue weighted by Gasteiger charge is 2.02. The van der Waals surface area contributed by atoms with Crippen molar-refractivity contribution in [1.82, 2.24) is 0 Å². The van der Waals surface area contributed by atoms with Crippen LogP contribution in [0.5, 0.6) is 5.75 Å². The van der Waals surface area contributed by atoms with Crippen molar-refractivity contribution >= 4 is 27.7 Å². The summed E-state index contributed by atoms with van der Waals surface area (Å²) in [5.74, 6) is 3.19. The number of ether oxygens (including phenoxy) is 1. The third-order valence-corrected chi connectivity index (χ3v) is 4.22. The highest BCUT2D eigenvalue weighted by molar-refractivity contribution is 9.10. The predicted octanol–water partition coefficient (Wildman–Crippen LogP) is 4.20. The molecule has 0 aliphatic carbocycles. The van der Waals surface area contributed by atoms with Crippen LogP contribution in [0.1, 0.15) is 18.1 Å². The van der Waals surface area contributed by atoms with Gasteiger partial charge in [0, 0.05) is 10.2 Å². The molecule has 0 unspecified atom stereocenters. The fraction of sp³-hybridized carbons (Fsp3) is 0.500. The molecular formula is C12H17BrOS. The van der Waals surface area contributed by atoms with Crippen LogP contribution in [0.15, 0.2) is 16.6 Å². The van der Waals surface area contributed by atoms with Gasteiger partial charge < -0.3 is 4.74 Å². The summed E-state index contributed by atoms with van der Waals surface area (Å²) in [6, 6.07) is 4.15. The molecule has 0 amide bonds. The molecular weight excluding hydrogens is 272 g/mol. The molecule has 84 valence electrons. The van der Waals surface area contributed by atoms with Crippen LogP contribution in [0.2, 0.25) is 0 Å². The quantitative estimate of drug-likeness (QED) is 0.751. The average molecular weight is 289 g/mol. The Labute approximate surface area is 105 Å². The summed E-state index contributed by atoms with van der Waals surface area (Å²) >= 11 is 5.45. The lowest BCUT2D eigenvalue weighted by Crippen LogP contribution is -2.01. The van der Waals surface area contributed by atoms with Crippen LogP contribution in [0.4, 0.5) is 0 Å². The summed E-state index contributed by atoms with van der Waals surface area (Å²) in [4.78, 5) is 0. The van der Waals surface area contributed by atoms with E-state index in [4.69, 9.17) is 4.74 Å². The lowest BCUT2D eigenvalue weighted by atomic mass is 10.1. The number of thioether (sulfide) groups is 1. The van der Waals surface area contributed by atoms with E-state index >= 15 is 0 Å². The van der Waals surface area contributed by atoms with E-state index in [-0.39, 0.29) is 0 Å². The fourth-order valence-corrected chi connectivity index (χ4v) is 2.07. The molecule has 0 aliphatic rings. The second-order valence-corrected chi connectivity index (χ2v) is 5.60. The Kier molecular flexibility index (Phi) is 5.54. The highest BCUT2D eigenvalue weighted by atomic mass is 79.9. The molecule has 0 N–H and O–H groups in total. The molecule has 0 aromatic heterocycles. The van der Waals surface area contributed by atoms with Crippen LogP contribution < -0.4 is 4.74 Å². The van der Waals surface area contributed by atoms with E-state index in [9.17, 15) is 0 Å². The number of rotatable bonds is 5. The molecule has 0 aliphatic heterocycles. The molecule has 1 nitrogen and oxygen atoms in total. The topological polar surface area (TPSA) is 9.23 Å². The van der Waals surface area contributed by atoms with E-state index in [1.807, 2.05) is 11.8 Å².